The van der Waals surface area contributed by atoms with Crippen molar-refractivity contribution in [2.45, 2.75) is 25.3 Å². The van der Waals surface area contributed by atoms with Gasteiger partial charge in [0.25, 0.3) is 0 Å². The van der Waals surface area contributed by atoms with Crippen LogP contribution in [0.15, 0.2) is 18.2 Å². The first-order chi connectivity index (χ1) is 9.71. The molecule has 2 rings (SSSR count). The molecule has 1 heterocycles. The molecule has 0 bridgehead atoms. The molecule has 1 aromatic rings. The lowest BCUT2D eigenvalue weighted by Crippen LogP contribution is -2.31. The number of hydrogen-bond acceptors (Lipinski definition) is 4. The first kappa shape index (κ1) is 14.7. The standard InChI is InChI=1S/C15H22N2O3/c1-19-13-6-5-11(10-14(13)20-2)12-4-3-9-17(12)15(18)7-8-16/h5-6,10,12H,3-4,7-9,16H2,1-2H3. The van der Waals surface area contributed by atoms with Crippen LogP contribution in [0.25, 0.3) is 0 Å². The molecule has 1 aliphatic heterocycles. The topological polar surface area (TPSA) is 64.8 Å². The largest absolute Gasteiger partial charge is 0.493 e. The monoisotopic (exact) mass is 278 g/mol. The molecule has 1 atom stereocenters. The van der Waals surface area contributed by atoms with E-state index in [0.717, 1.165) is 24.9 Å². The zero-order chi connectivity index (χ0) is 14.5. The summed E-state index contributed by atoms with van der Waals surface area (Å²) in [5, 5.41) is 0. The number of carbonyl (C=O) groups is 1. The van der Waals surface area contributed by atoms with Crippen molar-refractivity contribution in [1.29, 1.82) is 0 Å². The fourth-order valence-electron chi connectivity index (χ4n) is 2.74. The average molecular weight is 278 g/mol. The van der Waals surface area contributed by atoms with Gasteiger partial charge in [-0.15, -0.1) is 0 Å². The fraction of sp³-hybridized carbons (Fsp3) is 0.533. The predicted octanol–water partition coefficient (Wildman–Crippen LogP) is 1.72. The molecule has 1 aromatic carbocycles. The van der Waals surface area contributed by atoms with Crippen LogP contribution in [0.2, 0.25) is 0 Å². The van der Waals surface area contributed by atoms with Gasteiger partial charge in [0.1, 0.15) is 0 Å². The molecule has 2 N–H and O–H groups in total. The Morgan fingerprint density at radius 3 is 2.75 bits per heavy atom. The molecule has 0 aromatic heterocycles. The molecule has 5 nitrogen and oxygen atoms in total. The minimum absolute atomic E-state index is 0.119. The number of hydrogen-bond donors (Lipinski definition) is 1. The van der Waals surface area contributed by atoms with Crippen molar-refractivity contribution in [1.82, 2.24) is 4.90 Å². The third-order valence-corrected chi connectivity index (χ3v) is 3.72. The number of nitrogens with zero attached hydrogens (tertiary/aromatic N) is 1. The second kappa shape index (κ2) is 6.61. The highest BCUT2D eigenvalue weighted by Gasteiger charge is 2.29. The van der Waals surface area contributed by atoms with Gasteiger partial charge in [0, 0.05) is 19.5 Å². The van der Waals surface area contributed by atoms with E-state index < -0.39 is 0 Å². The fourth-order valence-corrected chi connectivity index (χ4v) is 2.74. The van der Waals surface area contributed by atoms with E-state index in [0.29, 0.717) is 24.5 Å². The van der Waals surface area contributed by atoms with Crippen molar-refractivity contribution in [2.24, 2.45) is 5.73 Å². The number of carbonyl (C=O) groups excluding carboxylic acids is 1. The molecule has 0 saturated carbocycles. The van der Waals surface area contributed by atoms with Gasteiger partial charge < -0.3 is 20.1 Å². The van der Waals surface area contributed by atoms with E-state index in [2.05, 4.69) is 0 Å². The second-order valence-electron chi connectivity index (χ2n) is 4.90. The smallest absolute Gasteiger partial charge is 0.224 e. The maximum absolute atomic E-state index is 12.1. The Morgan fingerprint density at radius 1 is 1.35 bits per heavy atom. The molecule has 0 spiro atoms. The van der Waals surface area contributed by atoms with E-state index in [1.807, 2.05) is 23.1 Å². The molecular formula is C15H22N2O3. The Morgan fingerprint density at radius 2 is 2.10 bits per heavy atom. The summed E-state index contributed by atoms with van der Waals surface area (Å²) in [7, 11) is 3.23. The zero-order valence-corrected chi connectivity index (χ0v) is 12.1. The Balaban J connectivity index is 2.23. The maximum atomic E-state index is 12.1. The number of ether oxygens (including phenoxy) is 2. The lowest BCUT2D eigenvalue weighted by atomic mass is 10.0. The summed E-state index contributed by atoms with van der Waals surface area (Å²) in [6.07, 6.45) is 2.41. The summed E-state index contributed by atoms with van der Waals surface area (Å²) in [6, 6.07) is 5.96. The highest BCUT2D eigenvalue weighted by atomic mass is 16.5. The third kappa shape index (κ3) is 2.88. The molecule has 1 fully saturated rings. The molecule has 0 aliphatic carbocycles. The first-order valence-electron chi connectivity index (χ1n) is 6.92. The van der Waals surface area contributed by atoms with Crippen LogP contribution >= 0.6 is 0 Å². The van der Waals surface area contributed by atoms with E-state index in [-0.39, 0.29) is 11.9 Å². The van der Waals surface area contributed by atoms with E-state index in [1.54, 1.807) is 14.2 Å². The van der Waals surface area contributed by atoms with Crippen LogP contribution < -0.4 is 15.2 Å². The van der Waals surface area contributed by atoms with Crippen molar-refractivity contribution in [2.75, 3.05) is 27.3 Å². The lowest BCUT2D eigenvalue weighted by molar-refractivity contribution is -0.131. The number of amides is 1. The lowest BCUT2D eigenvalue weighted by Gasteiger charge is -2.25. The van der Waals surface area contributed by atoms with E-state index in [1.165, 1.54) is 0 Å². The second-order valence-corrected chi connectivity index (χ2v) is 4.90. The summed E-state index contributed by atoms with van der Waals surface area (Å²) in [5.74, 6) is 1.53. The minimum Gasteiger partial charge on any atom is -0.493 e. The summed E-state index contributed by atoms with van der Waals surface area (Å²) >= 11 is 0. The molecule has 110 valence electrons. The van der Waals surface area contributed by atoms with Crippen molar-refractivity contribution < 1.29 is 14.3 Å². The number of benzene rings is 1. The molecule has 1 saturated heterocycles. The SMILES string of the molecule is COc1ccc(C2CCCN2C(=O)CCN)cc1OC. The summed E-state index contributed by atoms with van der Waals surface area (Å²) < 4.78 is 10.6. The summed E-state index contributed by atoms with van der Waals surface area (Å²) in [5.41, 5.74) is 6.57. The van der Waals surface area contributed by atoms with Crippen LogP contribution in [0.5, 0.6) is 11.5 Å². The maximum Gasteiger partial charge on any atom is 0.224 e. The first-order valence-corrected chi connectivity index (χ1v) is 6.92. The number of rotatable bonds is 5. The van der Waals surface area contributed by atoms with E-state index in [4.69, 9.17) is 15.2 Å². The van der Waals surface area contributed by atoms with Crippen molar-refractivity contribution in [3.8, 4) is 11.5 Å². The van der Waals surface area contributed by atoms with Crippen LogP contribution in [0.4, 0.5) is 0 Å². The van der Waals surface area contributed by atoms with Gasteiger partial charge in [0.2, 0.25) is 5.91 Å². The third-order valence-electron chi connectivity index (χ3n) is 3.72. The van der Waals surface area contributed by atoms with Crippen molar-refractivity contribution >= 4 is 5.91 Å². The highest BCUT2D eigenvalue weighted by molar-refractivity contribution is 5.77. The van der Waals surface area contributed by atoms with Gasteiger partial charge >= 0.3 is 0 Å². The van der Waals surface area contributed by atoms with E-state index in [9.17, 15) is 4.79 Å². The minimum atomic E-state index is 0.119. The quantitative estimate of drug-likeness (QED) is 0.890. The Kier molecular flexibility index (Phi) is 4.84. The highest BCUT2D eigenvalue weighted by Crippen LogP contribution is 2.37. The molecule has 1 aliphatic rings. The Hall–Kier alpha value is -1.75. The molecular weight excluding hydrogens is 256 g/mol. The number of methoxy groups -OCH3 is 2. The van der Waals surface area contributed by atoms with E-state index >= 15 is 0 Å². The van der Waals surface area contributed by atoms with Crippen LogP contribution in [0, 0.1) is 0 Å². The van der Waals surface area contributed by atoms with Crippen LogP contribution in [-0.2, 0) is 4.79 Å². The number of likely N-dealkylation sites (tertiary alicyclic amines) is 1. The van der Waals surface area contributed by atoms with Crippen LogP contribution in [0.3, 0.4) is 0 Å². The Labute approximate surface area is 119 Å². The van der Waals surface area contributed by atoms with Gasteiger partial charge in [-0.2, -0.15) is 0 Å². The predicted molar refractivity (Wildman–Crippen MR) is 76.9 cm³/mol. The average Bonchev–Trinajstić information content (AvgIpc) is 2.96. The van der Waals surface area contributed by atoms with Crippen molar-refractivity contribution in [3.05, 3.63) is 23.8 Å². The molecule has 20 heavy (non-hydrogen) atoms. The van der Waals surface area contributed by atoms with Gasteiger partial charge in [-0.05, 0) is 30.5 Å². The summed E-state index contributed by atoms with van der Waals surface area (Å²) in [6.45, 7) is 1.20. The van der Waals surface area contributed by atoms with Gasteiger partial charge in [-0.25, -0.2) is 0 Å². The van der Waals surface area contributed by atoms with Gasteiger partial charge in [-0.1, -0.05) is 6.07 Å². The van der Waals surface area contributed by atoms with Gasteiger partial charge in [-0.3, -0.25) is 4.79 Å². The summed E-state index contributed by atoms with van der Waals surface area (Å²) in [4.78, 5) is 14.0. The van der Waals surface area contributed by atoms with Crippen LogP contribution in [-0.4, -0.2) is 38.1 Å². The Bertz CT molecular complexity index is 476. The molecule has 1 amide bonds. The molecule has 5 heteroatoms. The molecule has 1 unspecified atom stereocenters. The normalized spacial score (nSPS) is 18.1. The van der Waals surface area contributed by atoms with Gasteiger partial charge in [0.15, 0.2) is 11.5 Å². The number of nitrogens with two attached hydrogens (primary N) is 1. The van der Waals surface area contributed by atoms with Gasteiger partial charge in [0.05, 0.1) is 20.3 Å². The van der Waals surface area contributed by atoms with Crippen molar-refractivity contribution in [3.63, 3.8) is 0 Å². The van der Waals surface area contributed by atoms with Crippen LogP contribution in [0.1, 0.15) is 30.9 Å². The molecule has 0 radical (unpaired) electrons. The zero-order valence-electron chi connectivity index (χ0n) is 12.1.